The second kappa shape index (κ2) is 6.12. The maximum atomic E-state index is 12.8. The molecule has 0 bridgehead atoms. The number of pyridine rings is 1. The first-order valence-corrected chi connectivity index (χ1v) is 5.73. The van der Waals surface area contributed by atoms with Crippen LogP contribution in [0.15, 0.2) is 48.7 Å². The van der Waals surface area contributed by atoms with Crippen molar-refractivity contribution in [2.45, 2.75) is 6.10 Å². The van der Waals surface area contributed by atoms with Gasteiger partial charge in [-0.3, -0.25) is 0 Å². The summed E-state index contributed by atoms with van der Waals surface area (Å²) in [7, 11) is 1.63. The minimum absolute atomic E-state index is 0.132. The van der Waals surface area contributed by atoms with Crippen LogP contribution in [0.4, 0.5) is 10.2 Å². The lowest BCUT2D eigenvalue weighted by atomic mass is 10.1. The Bertz CT molecular complexity index is 473. The fraction of sp³-hybridized carbons (Fsp3) is 0.214. The molecule has 2 aromatic rings. The van der Waals surface area contributed by atoms with Gasteiger partial charge in [0.1, 0.15) is 11.6 Å². The van der Waals surface area contributed by atoms with Crippen molar-refractivity contribution in [3.8, 4) is 0 Å². The predicted octanol–water partition coefficient (Wildman–Crippen LogP) is 3.02. The molecule has 0 unspecified atom stereocenters. The van der Waals surface area contributed by atoms with Crippen LogP contribution in [0.25, 0.3) is 0 Å². The molecule has 18 heavy (non-hydrogen) atoms. The fourth-order valence-corrected chi connectivity index (χ4v) is 1.68. The highest BCUT2D eigenvalue weighted by Gasteiger charge is 2.10. The smallest absolute Gasteiger partial charge is 0.125 e. The molecule has 0 saturated heterocycles. The van der Waals surface area contributed by atoms with Gasteiger partial charge in [-0.15, -0.1) is 0 Å². The van der Waals surface area contributed by atoms with E-state index in [1.807, 2.05) is 18.2 Å². The molecule has 1 aromatic heterocycles. The zero-order valence-corrected chi connectivity index (χ0v) is 10.1. The highest BCUT2D eigenvalue weighted by Crippen LogP contribution is 2.17. The van der Waals surface area contributed by atoms with Crippen LogP contribution in [-0.4, -0.2) is 18.6 Å². The lowest BCUT2D eigenvalue weighted by molar-refractivity contribution is 0.114. The molecule has 1 heterocycles. The molecule has 0 fully saturated rings. The van der Waals surface area contributed by atoms with E-state index in [-0.39, 0.29) is 11.9 Å². The number of anilines is 1. The van der Waals surface area contributed by atoms with Gasteiger partial charge in [0.25, 0.3) is 0 Å². The van der Waals surface area contributed by atoms with Crippen molar-refractivity contribution >= 4 is 5.82 Å². The highest BCUT2D eigenvalue weighted by atomic mass is 19.1. The van der Waals surface area contributed by atoms with Gasteiger partial charge in [0.05, 0.1) is 6.10 Å². The molecule has 4 heteroatoms. The van der Waals surface area contributed by atoms with Crippen molar-refractivity contribution in [3.05, 3.63) is 60.0 Å². The molecule has 0 amide bonds. The van der Waals surface area contributed by atoms with E-state index in [9.17, 15) is 4.39 Å². The maximum absolute atomic E-state index is 12.8. The number of benzene rings is 1. The van der Waals surface area contributed by atoms with Gasteiger partial charge in [0.2, 0.25) is 0 Å². The van der Waals surface area contributed by atoms with Gasteiger partial charge >= 0.3 is 0 Å². The zero-order valence-electron chi connectivity index (χ0n) is 10.1. The van der Waals surface area contributed by atoms with Gasteiger partial charge in [0, 0.05) is 19.9 Å². The normalized spacial score (nSPS) is 12.1. The number of ether oxygens (including phenoxy) is 1. The molecule has 2 rings (SSSR count). The van der Waals surface area contributed by atoms with Gasteiger partial charge < -0.3 is 10.1 Å². The summed E-state index contributed by atoms with van der Waals surface area (Å²) in [6.45, 7) is 0.582. The average Bonchev–Trinajstić information content (AvgIpc) is 2.42. The first-order chi connectivity index (χ1) is 8.79. The van der Waals surface area contributed by atoms with Crippen LogP contribution >= 0.6 is 0 Å². The van der Waals surface area contributed by atoms with Crippen LogP contribution in [0.3, 0.4) is 0 Å². The molecule has 0 aliphatic carbocycles. The number of halogens is 1. The highest BCUT2D eigenvalue weighted by molar-refractivity contribution is 5.34. The van der Waals surface area contributed by atoms with E-state index in [4.69, 9.17) is 4.74 Å². The zero-order chi connectivity index (χ0) is 12.8. The number of methoxy groups -OCH3 is 1. The van der Waals surface area contributed by atoms with E-state index >= 15 is 0 Å². The summed E-state index contributed by atoms with van der Waals surface area (Å²) in [6, 6.07) is 12.0. The molecule has 94 valence electrons. The van der Waals surface area contributed by atoms with Crippen LogP contribution in [0, 0.1) is 5.82 Å². The Kier molecular flexibility index (Phi) is 4.25. The summed E-state index contributed by atoms with van der Waals surface area (Å²) in [5.41, 5.74) is 0.933. The van der Waals surface area contributed by atoms with E-state index in [0.29, 0.717) is 6.54 Å². The third-order valence-corrected chi connectivity index (χ3v) is 2.66. The monoisotopic (exact) mass is 246 g/mol. The number of nitrogens with one attached hydrogen (secondary N) is 1. The van der Waals surface area contributed by atoms with Crippen LogP contribution in [0.1, 0.15) is 11.7 Å². The minimum atomic E-state index is -0.244. The molecule has 3 nitrogen and oxygen atoms in total. The fourth-order valence-electron chi connectivity index (χ4n) is 1.68. The molecule has 0 saturated carbocycles. The Morgan fingerprint density at radius 2 is 2.00 bits per heavy atom. The Balaban J connectivity index is 1.99. The maximum Gasteiger partial charge on any atom is 0.125 e. The third kappa shape index (κ3) is 3.28. The molecule has 0 radical (unpaired) electrons. The summed E-state index contributed by atoms with van der Waals surface area (Å²) in [6.07, 6.45) is 1.59. The van der Waals surface area contributed by atoms with Gasteiger partial charge in [-0.2, -0.15) is 0 Å². The molecular formula is C14H15FN2O. The van der Waals surface area contributed by atoms with E-state index in [1.54, 1.807) is 25.4 Å². The molecule has 0 spiro atoms. The number of hydrogen-bond acceptors (Lipinski definition) is 3. The standard InChI is InChI=1S/C14H15FN2O/c1-18-13(11-5-7-12(15)8-6-11)10-17-14-4-2-3-9-16-14/h2-9,13H,10H2,1H3,(H,16,17)/t13-/m0/s1. The predicted molar refractivity (Wildman–Crippen MR) is 68.9 cm³/mol. The average molecular weight is 246 g/mol. The van der Waals surface area contributed by atoms with Crippen molar-refractivity contribution in [3.63, 3.8) is 0 Å². The third-order valence-electron chi connectivity index (χ3n) is 2.66. The molecule has 0 aliphatic heterocycles. The van der Waals surface area contributed by atoms with Crippen LogP contribution in [0.5, 0.6) is 0 Å². The first-order valence-electron chi connectivity index (χ1n) is 5.73. The Morgan fingerprint density at radius 3 is 2.61 bits per heavy atom. The number of aromatic nitrogens is 1. The molecule has 1 N–H and O–H groups in total. The quantitative estimate of drug-likeness (QED) is 0.880. The summed E-state index contributed by atoms with van der Waals surface area (Å²) in [5, 5.41) is 3.18. The SMILES string of the molecule is CO[C@@H](CNc1ccccn1)c1ccc(F)cc1. The van der Waals surface area contributed by atoms with Crippen molar-refractivity contribution < 1.29 is 9.13 Å². The summed E-state index contributed by atoms with van der Waals surface area (Å²) >= 11 is 0. The number of rotatable bonds is 5. The van der Waals surface area contributed by atoms with E-state index < -0.39 is 0 Å². The number of hydrogen-bond donors (Lipinski definition) is 1. The summed E-state index contributed by atoms with van der Waals surface area (Å²) in [4.78, 5) is 4.17. The molecule has 1 atom stereocenters. The van der Waals surface area contributed by atoms with Gasteiger partial charge in [-0.25, -0.2) is 9.37 Å². The van der Waals surface area contributed by atoms with E-state index in [1.165, 1.54) is 12.1 Å². The second-order valence-electron chi connectivity index (χ2n) is 3.87. The van der Waals surface area contributed by atoms with Gasteiger partial charge in [-0.05, 0) is 29.8 Å². The van der Waals surface area contributed by atoms with Crippen molar-refractivity contribution in [1.82, 2.24) is 4.98 Å². The van der Waals surface area contributed by atoms with Gasteiger partial charge in [-0.1, -0.05) is 18.2 Å². The topological polar surface area (TPSA) is 34.1 Å². The van der Waals surface area contributed by atoms with E-state index in [2.05, 4.69) is 10.3 Å². The minimum Gasteiger partial charge on any atom is -0.375 e. The molecule has 0 aliphatic rings. The largest absolute Gasteiger partial charge is 0.375 e. The van der Waals surface area contributed by atoms with Crippen LogP contribution in [0.2, 0.25) is 0 Å². The van der Waals surface area contributed by atoms with Gasteiger partial charge in [0.15, 0.2) is 0 Å². The lowest BCUT2D eigenvalue weighted by Gasteiger charge is -2.16. The van der Waals surface area contributed by atoms with Crippen molar-refractivity contribution in [2.75, 3.05) is 19.0 Å². The Hall–Kier alpha value is -1.94. The van der Waals surface area contributed by atoms with E-state index in [0.717, 1.165) is 11.4 Å². The van der Waals surface area contributed by atoms with Crippen molar-refractivity contribution in [2.24, 2.45) is 0 Å². The summed E-state index contributed by atoms with van der Waals surface area (Å²) in [5.74, 6) is 0.549. The Labute approximate surface area is 106 Å². The molecule has 1 aromatic carbocycles. The number of nitrogens with zero attached hydrogens (tertiary/aromatic N) is 1. The molecular weight excluding hydrogens is 231 g/mol. The lowest BCUT2D eigenvalue weighted by Crippen LogP contribution is -2.15. The first kappa shape index (κ1) is 12.5. The Morgan fingerprint density at radius 1 is 1.22 bits per heavy atom. The van der Waals surface area contributed by atoms with Crippen LogP contribution < -0.4 is 5.32 Å². The second-order valence-corrected chi connectivity index (χ2v) is 3.87. The van der Waals surface area contributed by atoms with Crippen molar-refractivity contribution in [1.29, 1.82) is 0 Å². The van der Waals surface area contributed by atoms with Crippen LogP contribution in [-0.2, 0) is 4.74 Å². The summed E-state index contributed by atoms with van der Waals surface area (Å²) < 4.78 is 18.2.